The third-order valence-corrected chi connectivity index (χ3v) is 4.08. The van der Waals surface area contributed by atoms with Gasteiger partial charge in [-0.1, -0.05) is 49.2 Å². The van der Waals surface area contributed by atoms with Gasteiger partial charge in [-0.25, -0.2) is 0 Å². The number of rotatable bonds is 7. The quantitative estimate of drug-likeness (QED) is 0.831. The lowest BCUT2D eigenvalue weighted by Crippen LogP contribution is -2.31. The van der Waals surface area contributed by atoms with Crippen LogP contribution < -0.4 is 5.73 Å². The van der Waals surface area contributed by atoms with E-state index in [9.17, 15) is 0 Å². The van der Waals surface area contributed by atoms with Crippen LogP contribution in [0.4, 0.5) is 0 Å². The van der Waals surface area contributed by atoms with E-state index < -0.39 is 0 Å². The smallest absolute Gasteiger partial charge is 0.0624 e. The Bertz CT molecular complexity index is 365. The summed E-state index contributed by atoms with van der Waals surface area (Å²) in [5.74, 6) is 0. The number of benzene rings is 1. The van der Waals surface area contributed by atoms with E-state index in [4.69, 9.17) is 28.9 Å². The second-order valence-electron chi connectivity index (χ2n) is 4.49. The van der Waals surface area contributed by atoms with Crippen LogP contribution >= 0.6 is 23.2 Å². The minimum absolute atomic E-state index is 0.126. The molecular weight excluding hydrogens is 267 g/mol. The fourth-order valence-corrected chi connectivity index (χ4v) is 2.38. The summed E-state index contributed by atoms with van der Waals surface area (Å²) >= 11 is 12.1. The third-order valence-electron chi connectivity index (χ3n) is 3.22. The van der Waals surface area contributed by atoms with Crippen LogP contribution in [0.15, 0.2) is 18.2 Å². The Morgan fingerprint density at radius 3 is 2.50 bits per heavy atom. The summed E-state index contributed by atoms with van der Waals surface area (Å²) in [6.07, 6.45) is 1.76. The molecule has 0 bridgehead atoms. The molecule has 0 saturated carbocycles. The van der Waals surface area contributed by atoms with Gasteiger partial charge in [-0.05, 0) is 44.1 Å². The molecule has 102 valence electrons. The standard InChI is InChI=1S/C14H22Cl2N2/c1-3-18(4-2)9-8-12(17)10-11-6-5-7-13(15)14(11)16/h5-7,12H,3-4,8-10,17H2,1-2H3. The first-order chi connectivity index (χ1) is 8.58. The third kappa shape index (κ3) is 4.77. The van der Waals surface area contributed by atoms with Gasteiger partial charge in [-0.3, -0.25) is 0 Å². The van der Waals surface area contributed by atoms with Crippen molar-refractivity contribution in [2.24, 2.45) is 5.73 Å². The highest BCUT2D eigenvalue weighted by molar-refractivity contribution is 6.42. The van der Waals surface area contributed by atoms with Crippen molar-refractivity contribution in [3.63, 3.8) is 0 Å². The Morgan fingerprint density at radius 2 is 1.89 bits per heavy atom. The molecule has 0 aromatic heterocycles. The molecule has 18 heavy (non-hydrogen) atoms. The van der Waals surface area contributed by atoms with Crippen molar-refractivity contribution in [1.29, 1.82) is 0 Å². The van der Waals surface area contributed by atoms with E-state index in [0.717, 1.165) is 38.0 Å². The molecule has 4 heteroatoms. The Balaban J connectivity index is 2.49. The highest BCUT2D eigenvalue weighted by Gasteiger charge is 2.10. The predicted molar refractivity (Wildman–Crippen MR) is 80.5 cm³/mol. The van der Waals surface area contributed by atoms with Crippen molar-refractivity contribution in [1.82, 2.24) is 4.90 Å². The zero-order valence-electron chi connectivity index (χ0n) is 11.1. The predicted octanol–water partition coefficient (Wildman–Crippen LogP) is 3.60. The number of hydrogen-bond donors (Lipinski definition) is 1. The Labute approximate surface area is 120 Å². The number of nitrogens with two attached hydrogens (primary N) is 1. The van der Waals surface area contributed by atoms with Gasteiger partial charge < -0.3 is 10.6 Å². The minimum atomic E-state index is 0.126. The van der Waals surface area contributed by atoms with Gasteiger partial charge in [0.05, 0.1) is 10.0 Å². The van der Waals surface area contributed by atoms with E-state index in [2.05, 4.69) is 18.7 Å². The molecule has 0 fully saturated rings. The number of halogens is 2. The molecule has 0 aliphatic heterocycles. The fourth-order valence-electron chi connectivity index (χ4n) is 1.98. The second-order valence-corrected chi connectivity index (χ2v) is 5.28. The SMILES string of the molecule is CCN(CC)CCC(N)Cc1cccc(Cl)c1Cl. The van der Waals surface area contributed by atoms with Crippen LogP contribution in [0, 0.1) is 0 Å². The molecule has 0 aliphatic carbocycles. The highest BCUT2D eigenvalue weighted by atomic mass is 35.5. The lowest BCUT2D eigenvalue weighted by atomic mass is 10.0. The monoisotopic (exact) mass is 288 g/mol. The first-order valence-corrected chi connectivity index (χ1v) is 7.24. The largest absolute Gasteiger partial charge is 0.327 e. The van der Waals surface area contributed by atoms with E-state index in [1.807, 2.05) is 12.1 Å². The molecule has 2 N–H and O–H groups in total. The Hall–Kier alpha value is -0.280. The molecule has 0 spiro atoms. The van der Waals surface area contributed by atoms with Crippen LogP contribution in [-0.2, 0) is 6.42 Å². The van der Waals surface area contributed by atoms with Crippen LogP contribution in [0.3, 0.4) is 0 Å². The Kier molecular flexibility index (Phi) is 7.02. The van der Waals surface area contributed by atoms with Gasteiger partial charge in [0.1, 0.15) is 0 Å². The first-order valence-electron chi connectivity index (χ1n) is 6.49. The summed E-state index contributed by atoms with van der Waals surface area (Å²) in [6, 6.07) is 5.84. The van der Waals surface area contributed by atoms with Gasteiger partial charge in [0.15, 0.2) is 0 Å². The molecule has 0 aliphatic rings. The average Bonchev–Trinajstić information content (AvgIpc) is 2.36. The van der Waals surface area contributed by atoms with Crippen LogP contribution in [0.1, 0.15) is 25.8 Å². The van der Waals surface area contributed by atoms with Crippen LogP contribution in [0.2, 0.25) is 10.0 Å². The van der Waals surface area contributed by atoms with Crippen LogP contribution in [0.25, 0.3) is 0 Å². The second kappa shape index (κ2) is 8.00. The van der Waals surface area contributed by atoms with Gasteiger partial charge >= 0.3 is 0 Å². The van der Waals surface area contributed by atoms with Crippen molar-refractivity contribution in [3.05, 3.63) is 33.8 Å². The maximum absolute atomic E-state index is 6.16. The molecular formula is C14H22Cl2N2. The number of nitrogens with zero attached hydrogens (tertiary/aromatic N) is 1. The fraction of sp³-hybridized carbons (Fsp3) is 0.571. The molecule has 1 aromatic carbocycles. The van der Waals surface area contributed by atoms with Crippen LogP contribution in [0.5, 0.6) is 0 Å². The lowest BCUT2D eigenvalue weighted by Gasteiger charge is -2.20. The summed E-state index contributed by atoms with van der Waals surface area (Å²) in [5, 5.41) is 1.24. The van der Waals surface area contributed by atoms with E-state index in [1.165, 1.54) is 0 Å². The molecule has 1 unspecified atom stereocenters. The van der Waals surface area contributed by atoms with Gasteiger partial charge in [0, 0.05) is 6.04 Å². The van der Waals surface area contributed by atoms with Gasteiger partial charge in [-0.15, -0.1) is 0 Å². The first kappa shape index (κ1) is 15.8. The molecule has 0 radical (unpaired) electrons. The summed E-state index contributed by atoms with van der Waals surface area (Å²) < 4.78 is 0. The van der Waals surface area contributed by atoms with E-state index in [-0.39, 0.29) is 6.04 Å². The number of hydrogen-bond acceptors (Lipinski definition) is 2. The van der Waals surface area contributed by atoms with Gasteiger partial charge in [-0.2, -0.15) is 0 Å². The van der Waals surface area contributed by atoms with E-state index >= 15 is 0 Å². The van der Waals surface area contributed by atoms with Crippen molar-refractivity contribution >= 4 is 23.2 Å². The zero-order valence-corrected chi connectivity index (χ0v) is 12.6. The topological polar surface area (TPSA) is 29.3 Å². The summed E-state index contributed by atoms with van der Waals surface area (Å²) in [6.45, 7) is 7.51. The molecule has 2 nitrogen and oxygen atoms in total. The molecule has 1 rings (SSSR count). The van der Waals surface area contributed by atoms with Gasteiger partial charge in [0.25, 0.3) is 0 Å². The normalized spacial score (nSPS) is 13.0. The van der Waals surface area contributed by atoms with Crippen molar-refractivity contribution < 1.29 is 0 Å². The van der Waals surface area contributed by atoms with E-state index in [0.29, 0.717) is 10.0 Å². The average molecular weight is 289 g/mol. The van der Waals surface area contributed by atoms with Crippen molar-refractivity contribution in [2.75, 3.05) is 19.6 Å². The summed E-state index contributed by atoms with van der Waals surface area (Å²) in [4.78, 5) is 2.37. The lowest BCUT2D eigenvalue weighted by molar-refractivity contribution is 0.290. The molecule has 1 atom stereocenters. The zero-order chi connectivity index (χ0) is 13.5. The summed E-state index contributed by atoms with van der Waals surface area (Å²) in [5.41, 5.74) is 7.19. The maximum atomic E-state index is 6.16. The molecule has 0 saturated heterocycles. The van der Waals surface area contributed by atoms with Gasteiger partial charge in [0.2, 0.25) is 0 Å². The van der Waals surface area contributed by atoms with Crippen LogP contribution in [-0.4, -0.2) is 30.6 Å². The minimum Gasteiger partial charge on any atom is -0.327 e. The highest BCUT2D eigenvalue weighted by Crippen LogP contribution is 2.26. The van der Waals surface area contributed by atoms with Crippen molar-refractivity contribution in [3.8, 4) is 0 Å². The summed E-state index contributed by atoms with van der Waals surface area (Å²) in [7, 11) is 0. The van der Waals surface area contributed by atoms with E-state index in [1.54, 1.807) is 6.07 Å². The molecule has 0 amide bonds. The van der Waals surface area contributed by atoms with Crippen molar-refractivity contribution in [2.45, 2.75) is 32.7 Å². The maximum Gasteiger partial charge on any atom is 0.0624 e. The molecule has 0 heterocycles. The molecule has 1 aromatic rings. The Morgan fingerprint density at radius 1 is 1.22 bits per heavy atom.